The van der Waals surface area contributed by atoms with Crippen molar-refractivity contribution in [3.05, 3.63) is 0 Å². The average Bonchev–Trinajstić information content (AvgIpc) is 2.51. The number of carbonyl (C=O) groups is 2. The Hall–Kier alpha value is -1.72. The van der Waals surface area contributed by atoms with E-state index in [1.807, 2.05) is 0 Å². The van der Waals surface area contributed by atoms with Crippen molar-refractivity contribution in [2.24, 2.45) is 10.2 Å². The molecule has 0 aromatic rings. The van der Waals surface area contributed by atoms with Gasteiger partial charge in [0.2, 0.25) is 11.8 Å². The fraction of sp³-hybridized carbons (Fsp3) is 0.750. The molecule has 0 unspecified atom stereocenters. The fourth-order valence-corrected chi connectivity index (χ4v) is 1.66. The van der Waals surface area contributed by atoms with E-state index in [2.05, 4.69) is 34.9 Å². The van der Waals surface area contributed by atoms with Crippen LogP contribution < -0.4 is 10.9 Å². The number of hydrogen-bond acceptors (Lipinski definition) is 4. The Labute approximate surface area is 133 Å². The van der Waals surface area contributed by atoms with Crippen molar-refractivity contribution in [1.29, 1.82) is 0 Å². The highest BCUT2D eigenvalue weighted by atomic mass is 16.2. The monoisotopic (exact) mass is 310 g/mol. The van der Waals surface area contributed by atoms with E-state index in [9.17, 15) is 9.59 Å². The Morgan fingerprint density at radius 3 is 1.55 bits per heavy atom. The molecule has 0 spiro atoms. The quantitative estimate of drug-likeness (QED) is 0.311. The summed E-state index contributed by atoms with van der Waals surface area (Å²) in [5.41, 5.74) is 5.02. The molecular formula is C16H30N4O2. The number of carbonyl (C=O) groups excluding carboxylic acids is 2. The Morgan fingerprint density at radius 1 is 0.773 bits per heavy atom. The molecule has 0 aliphatic heterocycles. The number of amides is 2. The molecule has 2 N–H and O–H groups in total. The smallest absolute Gasteiger partial charge is 0.240 e. The summed E-state index contributed by atoms with van der Waals surface area (Å²) in [5, 5.41) is 7.70. The molecule has 0 heterocycles. The minimum absolute atomic E-state index is 0.0460. The molecule has 0 rings (SSSR count). The zero-order valence-electron chi connectivity index (χ0n) is 13.9. The van der Waals surface area contributed by atoms with E-state index in [0.717, 1.165) is 51.4 Å². The summed E-state index contributed by atoms with van der Waals surface area (Å²) >= 11 is 0. The highest BCUT2D eigenvalue weighted by Gasteiger charge is 2.01. The Kier molecular flexibility index (Phi) is 14.4. The SMILES string of the molecule is CCC/C=N/NC(=O)CCCCCCC(=O)N/N=C/CCC. The van der Waals surface area contributed by atoms with Crippen molar-refractivity contribution in [1.82, 2.24) is 10.9 Å². The van der Waals surface area contributed by atoms with E-state index < -0.39 is 0 Å². The normalized spacial score (nSPS) is 11.2. The molecule has 0 saturated carbocycles. The van der Waals surface area contributed by atoms with Crippen LogP contribution in [0, 0.1) is 0 Å². The summed E-state index contributed by atoms with van der Waals surface area (Å²) in [4.78, 5) is 22.8. The van der Waals surface area contributed by atoms with Crippen molar-refractivity contribution < 1.29 is 9.59 Å². The molecule has 0 aromatic heterocycles. The van der Waals surface area contributed by atoms with E-state index in [0.29, 0.717) is 12.8 Å². The van der Waals surface area contributed by atoms with Crippen LogP contribution in [0.2, 0.25) is 0 Å². The van der Waals surface area contributed by atoms with Gasteiger partial charge in [-0.3, -0.25) is 9.59 Å². The van der Waals surface area contributed by atoms with Crippen LogP contribution >= 0.6 is 0 Å². The summed E-state index contributed by atoms with van der Waals surface area (Å²) in [6.07, 6.45) is 11.8. The fourth-order valence-electron chi connectivity index (χ4n) is 1.66. The molecule has 126 valence electrons. The second-order valence-electron chi connectivity index (χ2n) is 5.18. The summed E-state index contributed by atoms with van der Waals surface area (Å²) in [5.74, 6) is -0.0919. The summed E-state index contributed by atoms with van der Waals surface area (Å²) in [6, 6.07) is 0. The second-order valence-corrected chi connectivity index (χ2v) is 5.18. The van der Waals surface area contributed by atoms with E-state index in [4.69, 9.17) is 0 Å². The zero-order valence-corrected chi connectivity index (χ0v) is 13.9. The predicted octanol–water partition coefficient (Wildman–Crippen LogP) is 3.13. The third-order valence-corrected chi connectivity index (χ3v) is 2.95. The van der Waals surface area contributed by atoms with Crippen LogP contribution in [0.15, 0.2) is 10.2 Å². The molecule has 0 aromatic carbocycles. The van der Waals surface area contributed by atoms with Gasteiger partial charge >= 0.3 is 0 Å². The molecule has 0 aliphatic rings. The summed E-state index contributed by atoms with van der Waals surface area (Å²) < 4.78 is 0. The summed E-state index contributed by atoms with van der Waals surface area (Å²) in [6.45, 7) is 4.12. The Balaban J connectivity index is 3.42. The van der Waals surface area contributed by atoms with Crippen molar-refractivity contribution in [2.75, 3.05) is 0 Å². The molecule has 0 aliphatic carbocycles. The lowest BCUT2D eigenvalue weighted by Crippen LogP contribution is -2.17. The van der Waals surface area contributed by atoms with Crippen LogP contribution in [0.4, 0.5) is 0 Å². The number of hydrazone groups is 2. The maximum Gasteiger partial charge on any atom is 0.240 e. The van der Waals surface area contributed by atoms with E-state index in [1.54, 1.807) is 12.4 Å². The minimum atomic E-state index is -0.0460. The van der Waals surface area contributed by atoms with Crippen LogP contribution in [-0.2, 0) is 9.59 Å². The van der Waals surface area contributed by atoms with Crippen LogP contribution in [0.1, 0.15) is 78.1 Å². The molecule has 0 fully saturated rings. The first-order chi connectivity index (χ1) is 10.7. The first-order valence-electron chi connectivity index (χ1n) is 8.31. The van der Waals surface area contributed by atoms with Crippen molar-refractivity contribution >= 4 is 24.2 Å². The van der Waals surface area contributed by atoms with Gasteiger partial charge in [0.05, 0.1) is 0 Å². The van der Waals surface area contributed by atoms with Gasteiger partial charge in [0.15, 0.2) is 0 Å². The maximum absolute atomic E-state index is 11.4. The van der Waals surface area contributed by atoms with Gasteiger partial charge in [0.25, 0.3) is 0 Å². The molecule has 0 bridgehead atoms. The number of unbranched alkanes of at least 4 members (excludes halogenated alkanes) is 5. The van der Waals surface area contributed by atoms with Gasteiger partial charge in [-0.2, -0.15) is 10.2 Å². The number of rotatable bonds is 13. The predicted molar refractivity (Wildman–Crippen MR) is 90.8 cm³/mol. The van der Waals surface area contributed by atoms with Crippen LogP contribution in [0.3, 0.4) is 0 Å². The molecular weight excluding hydrogens is 280 g/mol. The average molecular weight is 310 g/mol. The van der Waals surface area contributed by atoms with Crippen LogP contribution in [0.25, 0.3) is 0 Å². The lowest BCUT2D eigenvalue weighted by atomic mass is 10.1. The molecule has 0 atom stereocenters. The lowest BCUT2D eigenvalue weighted by Gasteiger charge is -2.01. The van der Waals surface area contributed by atoms with Crippen LogP contribution in [-0.4, -0.2) is 24.2 Å². The van der Waals surface area contributed by atoms with Crippen molar-refractivity contribution in [2.45, 2.75) is 78.1 Å². The van der Waals surface area contributed by atoms with Gasteiger partial charge in [0, 0.05) is 25.3 Å². The van der Waals surface area contributed by atoms with Gasteiger partial charge < -0.3 is 0 Å². The van der Waals surface area contributed by atoms with Gasteiger partial charge in [-0.25, -0.2) is 10.9 Å². The minimum Gasteiger partial charge on any atom is -0.273 e. The molecule has 22 heavy (non-hydrogen) atoms. The largest absolute Gasteiger partial charge is 0.273 e. The third-order valence-electron chi connectivity index (χ3n) is 2.95. The molecule has 2 amide bonds. The van der Waals surface area contributed by atoms with Gasteiger partial charge in [-0.1, -0.05) is 39.5 Å². The Morgan fingerprint density at radius 2 is 1.18 bits per heavy atom. The summed E-state index contributed by atoms with van der Waals surface area (Å²) in [7, 11) is 0. The second kappa shape index (κ2) is 15.7. The molecule has 6 heteroatoms. The maximum atomic E-state index is 11.4. The number of nitrogens with zero attached hydrogens (tertiary/aromatic N) is 2. The van der Waals surface area contributed by atoms with Gasteiger partial charge in [0.1, 0.15) is 0 Å². The van der Waals surface area contributed by atoms with Gasteiger partial charge in [-0.05, 0) is 25.7 Å². The molecule has 0 saturated heterocycles. The zero-order chi connectivity index (χ0) is 16.5. The van der Waals surface area contributed by atoms with Crippen molar-refractivity contribution in [3.63, 3.8) is 0 Å². The highest BCUT2D eigenvalue weighted by Crippen LogP contribution is 2.05. The molecule has 0 radical (unpaired) electrons. The number of hydrogen-bond donors (Lipinski definition) is 2. The Bertz CT molecular complexity index is 320. The first kappa shape index (κ1) is 20.3. The van der Waals surface area contributed by atoms with E-state index >= 15 is 0 Å². The standard InChI is InChI=1S/C16H30N4O2/c1-3-5-13-17-19-15(21)11-9-7-8-10-12-16(22)20-18-14-6-4-2/h13-14H,3-12H2,1-2H3,(H,19,21)(H,20,22)/b17-13+,18-14+. The van der Waals surface area contributed by atoms with E-state index in [1.165, 1.54) is 0 Å². The number of nitrogens with one attached hydrogen (secondary N) is 2. The third kappa shape index (κ3) is 14.7. The molecule has 6 nitrogen and oxygen atoms in total. The van der Waals surface area contributed by atoms with Gasteiger partial charge in [-0.15, -0.1) is 0 Å². The van der Waals surface area contributed by atoms with Crippen LogP contribution in [0.5, 0.6) is 0 Å². The first-order valence-corrected chi connectivity index (χ1v) is 8.31. The van der Waals surface area contributed by atoms with E-state index in [-0.39, 0.29) is 11.8 Å². The topological polar surface area (TPSA) is 82.9 Å². The lowest BCUT2D eigenvalue weighted by molar-refractivity contribution is -0.122. The highest BCUT2D eigenvalue weighted by molar-refractivity contribution is 5.77. The van der Waals surface area contributed by atoms with Crippen molar-refractivity contribution in [3.8, 4) is 0 Å².